The summed E-state index contributed by atoms with van der Waals surface area (Å²) in [6.07, 6.45) is 3.53. The van der Waals surface area contributed by atoms with Crippen LogP contribution in [0.3, 0.4) is 0 Å². The zero-order valence-electron chi connectivity index (χ0n) is 16.5. The van der Waals surface area contributed by atoms with Crippen molar-refractivity contribution in [1.29, 1.82) is 0 Å². The molecule has 2 atom stereocenters. The van der Waals surface area contributed by atoms with Crippen molar-refractivity contribution in [3.05, 3.63) is 65.2 Å². The summed E-state index contributed by atoms with van der Waals surface area (Å²) in [5.74, 6) is 0.563. The number of halogens is 1. The smallest absolute Gasteiger partial charge is 0.125 e. The number of anilines is 1. The molecule has 0 spiro atoms. The van der Waals surface area contributed by atoms with E-state index >= 15 is 4.39 Å². The highest BCUT2D eigenvalue weighted by Gasteiger charge is 2.41. The molecule has 1 aliphatic carbocycles. The Morgan fingerprint density at radius 3 is 2.75 bits per heavy atom. The highest BCUT2D eigenvalue weighted by atomic mass is 19.1. The second kappa shape index (κ2) is 7.49. The third kappa shape index (κ3) is 3.94. The summed E-state index contributed by atoms with van der Waals surface area (Å²) >= 11 is 0. The van der Waals surface area contributed by atoms with Gasteiger partial charge in [-0.05, 0) is 48.4 Å². The van der Waals surface area contributed by atoms with Gasteiger partial charge in [0.1, 0.15) is 5.67 Å². The number of fused-ring (bicyclic) bond motifs is 1. The molecule has 4 heteroatoms. The van der Waals surface area contributed by atoms with Gasteiger partial charge in [-0.15, -0.1) is 0 Å². The Hall–Kier alpha value is -1.91. The van der Waals surface area contributed by atoms with E-state index < -0.39 is 5.67 Å². The molecule has 2 N–H and O–H groups in total. The Morgan fingerprint density at radius 1 is 1.11 bits per heavy atom. The van der Waals surface area contributed by atoms with E-state index in [0.29, 0.717) is 31.3 Å². The van der Waals surface area contributed by atoms with E-state index in [1.165, 1.54) is 22.4 Å². The van der Waals surface area contributed by atoms with Crippen LogP contribution in [-0.2, 0) is 13.0 Å². The molecule has 0 aromatic heterocycles. The van der Waals surface area contributed by atoms with E-state index in [2.05, 4.69) is 58.0 Å². The summed E-state index contributed by atoms with van der Waals surface area (Å²) in [4.78, 5) is 2.38. The van der Waals surface area contributed by atoms with Crippen molar-refractivity contribution in [2.45, 2.75) is 49.9 Å². The second-order valence-corrected chi connectivity index (χ2v) is 8.84. The van der Waals surface area contributed by atoms with Gasteiger partial charge in [0.25, 0.3) is 0 Å². The Bertz CT molecular complexity index is 814. The largest absolute Gasteiger partial charge is 0.384 e. The summed E-state index contributed by atoms with van der Waals surface area (Å²) in [6.45, 7) is 4.18. The van der Waals surface area contributed by atoms with Crippen molar-refractivity contribution in [3.63, 3.8) is 0 Å². The lowest BCUT2D eigenvalue weighted by atomic mass is 9.93. The molecule has 2 aliphatic heterocycles. The SMILES string of the molecule is FC1(CNC2CC2c2ccc3c(c2)CCN3)CCN(Cc2ccccc2)CC1. The van der Waals surface area contributed by atoms with Crippen molar-refractivity contribution in [2.75, 3.05) is 31.5 Å². The van der Waals surface area contributed by atoms with Gasteiger partial charge in [-0.25, -0.2) is 4.39 Å². The molecule has 0 amide bonds. The molecule has 2 heterocycles. The fraction of sp³-hybridized carbons (Fsp3) is 0.500. The van der Waals surface area contributed by atoms with Crippen molar-refractivity contribution < 1.29 is 4.39 Å². The zero-order chi connectivity index (χ0) is 19.0. The zero-order valence-corrected chi connectivity index (χ0v) is 16.5. The highest BCUT2D eigenvalue weighted by Crippen LogP contribution is 2.43. The first-order valence-electron chi connectivity index (χ1n) is 10.7. The van der Waals surface area contributed by atoms with Gasteiger partial charge < -0.3 is 10.6 Å². The van der Waals surface area contributed by atoms with Crippen LogP contribution in [-0.4, -0.2) is 42.8 Å². The van der Waals surface area contributed by atoms with E-state index in [1.807, 2.05) is 6.07 Å². The normalized spacial score (nSPS) is 25.9. The number of nitrogens with one attached hydrogen (secondary N) is 2. The molecule has 1 saturated carbocycles. The predicted octanol–water partition coefficient (Wildman–Crippen LogP) is 4.10. The van der Waals surface area contributed by atoms with E-state index in [1.54, 1.807) is 0 Å². The van der Waals surface area contributed by atoms with Crippen molar-refractivity contribution in [1.82, 2.24) is 10.2 Å². The molecule has 2 aromatic carbocycles. The van der Waals surface area contributed by atoms with Crippen LogP contribution in [0.4, 0.5) is 10.1 Å². The van der Waals surface area contributed by atoms with Crippen LogP contribution in [0.1, 0.15) is 41.9 Å². The van der Waals surface area contributed by atoms with Crippen LogP contribution in [0.15, 0.2) is 48.5 Å². The number of alkyl halides is 1. The number of rotatable bonds is 6. The average Bonchev–Trinajstić information content (AvgIpc) is 3.36. The van der Waals surface area contributed by atoms with Gasteiger partial charge in [0.15, 0.2) is 0 Å². The maximum Gasteiger partial charge on any atom is 0.125 e. The van der Waals surface area contributed by atoms with Crippen LogP contribution < -0.4 is 10.6 Å². The number of benzene rings is 2. The van der Waals surface area contributed by atoms with Gasteiger partial charge in [0.2, 0.25) is 0 Å². The van der Waals surface area contributed by atoms with Crippen molar-refractivity contribution >= 4 is 5.69 Å². The van der Waals surface area contributed by atoms with Gasteiger partial charge in [-0.1, -0.05) is 42.5 Å². The molecule has 3 nitrogen and oxygen atoms in total. The molecular formula is C24H30FN3. The topological polar surface area (TPSA) is 27.3 Å². The highest BCUT2D eigenvalue weighted by molar-refractivity contribution is 5.57. The summed E-state index contributed by atoms with van der Waals surface area (Å²) in [6, 6.07) is 17.8. The number of piperidine rings is 1. The van der Waals surface area contributed by atoms with Gasteiger partial charge >= 0.3 is 0 Å². The lowest BCUT2D eigenvalue weighted by molar-refractivity contribution is 0.0544. The van der Waals surface area contributed by atoms with Gasteiger partial charge in [0, 0.05) is 50.4 Å². The Labute approximate surface area is 167 Å². The molecule has 2 aromatic rings. The van der Waals surface area contributed by atoms with Gasteiger partial charge in [-0.2, -0.15) is 0 Å². The van der Waals surface area contributed by atoms with Crippen LogP contribution in [0.5, 0.6) is 0 Å². The predicted molar refractivity (Wildman–Crippen MR) is 113 cm³/mol. The molecule has 3 aliphatic rings. The third-order valence-electron chi connectivity index (χ3n) is 6.74. The minimum absolute atomic E-state index is 0.447. The summed E-state index contributed by atoms with van der Waals surface area (Å²) in [7, 11) is 0. The Balaban J connectivity index is 1.09. The maximum absolute atomic E-state index is 15.3. The molecule has 2 fully saturated rings. The quantitative estimate of drug-likeness (QED) is 0.791. The maximum atomic E-state index is 15.3. The Kier molecular flexibility index (Phi) is 4.85. The lowest BCUT2D eigenvalue weighted by Crippen LogP contribution is -2.47. The third-order valence-corrected chi connectivity index (χ3v) is 6.74. The second-order valence-electron chi connectivity index (χ2n) is 8.84. The summed E-state index contributed by atoms with van der Waals surface area (Å²) in [5.41, 5.74) is 4.42. The average molecular weight is 380 g/mol. The molecule has 0 bridgehead atoms. The minimum Gasteiger partial charge on any atom is -0.384 e. The molecule has 2 unspecified atom stereocenters. The summed E-state index contributed by atoms with van der Waals surface area (Å²) < 4.78 is 15.3. The van der Waals surface area contributed by atoms with Crippen molar-refractivity contribution in [3.8, 4) is 0 Å². The Morgan fingerprint density at radius 2 is 1.93 bits per heavy atom. The molecule has 1 saturated heterocycles. The van der Waals surface area contributed by atoms with E-state index in [9.17, 15) is 0 Å². The van der Waals surface area contributed by atoms with Crippen LogP contribution >= 0.6 is 0 Å². The van der Waals surface area contributed by atoms with E-state index in [4.69, 9.17) is 0 Å². The van der Waals surface area contributed by atoms with Crippen LogP contribution in [0.25, 0.3) is 0 Å². The van der Waals surface area contributed by atoms with Crippen LogP contribution in [0.2, 0.25) is 0 Å². The minimum atomic E-state index is -1.05. The first-order chi connectivity index (χ1) is 13.7. The summed E-state index contributed by atoms with van der Waals surface area (Å²) in [5, 5.41) is 6.96. The van der Waals surface area contributed by atoms with Gasteiger partial charge in [-0.3, -0.25) is 4.90 Å². The number of likely N-dealkylation sites (tertiary alicyclic amines) is 1. The number of nitrogens with zero attached hydrogens (tertiary/aromatic N) is 1. The number of hydrogen-bond donors (Lipinski definition) is 2. The lowest BCUT2D eigenvalue weighted by Gasteiger charge is -2.36. The molecule has 0 radical (unpaired) electrons. The van der Waals surface area contributed by atoms with Crippen LogP contribution in [0, 0.1) is 0 Å². The monoisotopic (exact) mass is 379 g/mol. The first-order valence-corrected chi connectivity index (χ1v) is 10.7. The fourth-order valence-corrected chi connectivity index (χ4v) is 4.79. The number of hydrogen-bond acceptors (Lipinski definition) is 3. The molecule has 28 heavy (non-hydrogen) atoms. The fourth-order valence-electron chi connectivity index (χ4n) is 4.79. The van der Waals surface area contributed by atoms with E-state index in [0.717, 1.165) is 39.0 Å². The van der Waals surface area contributed by atoms with E-state index in [-0.39, 0.29) is 0 Å². The first kappa shape index (κ1) is 18.1. The molecule has 5 rings (SSSR count). The van der Waals surface area contributed by atoms with Gasteiger partial charge in [0.05, 0.1) is 0 Å². The molecule has 148 valence electrons. The standard InChI is InChI=1S/C24H30FN3/c25-24(9-12-28(13-10-24)16-18-4-2-1-3-5-18)17-27-23-15-21(23)19-6-7-22-20(14-19)8-11-26-22/h1-7,14,21,23,26-27H,8-13,15-17H2. The van der Waals surface area contributed by atoms with Crippen molar-refractivity contribution in [2.24, 2.45) is 0 Å². The molecular weight excluding hydrogens is 349 g/mol.